The lowest BCUT2D eigenvalue weighted by atomic mass is 10.2. The number of carbonyl (C=O) groups excluding carboxylic acids is 1. The standard InChI is InChI=1S/C14H15N3O2/c1-10-4-2-3-5-12(10)16-14(19)9-17-7-6-13(18)11(15)8-17/h2-8H,9,15H2,1H3,(H,16,19). The van der Waals surface area contributed by atoms with E-state index < -0.39 is 0 Å². The Bertz CT molecular complexity index is 662. The Morgan fingerprint density at radius 2 is 2.05 bits per heavy atom. The molecule has 0 fully saturated rings. The van der Waals surface area contributed by atoms with Crippen molar-refractivity contribution in [3.63, 3.8) is 0 Å². The molecule has 0 aliphatic carbocycles. The molecule has 5 heteroatoms. The van der Waals surface area contributed by atoms with Crippen molar-refractivity contribution in [3.05, 3.63) is 58.5 Å². The van der Waals surface area contributed by atoms with E-state index >= 15 is 0 Å². The summed E-state index contributed by atoms with van der Waals surface area (Å²) in [5, 5.41) is 2.81. The van der Waals surface area contributed by atoms with Gasteiger partial charge in [0.25, 0.3) is 0 Å². The number of carbonyl (C=O) groups is 1. The number of hydrogen-bond donors (Lipinski definition) is 2. The highest BCUT2D eigenvalue weighted by molar-refractivity contribution is 5.91. The second kappa shape index (κ2) is 5.39. The van der Waals surface area contributed by atoms with Crippen LogP contribution >= 0.6 is 0 Å². The topological polar surface area (TPSA) is 77.1 Å². The Morgan fingerprint density at radius 3 is 2.74 bits per heavy atom. The van der Waals surface area contributed by atoms with Crippen LogP contribution in [0.2, 0.25) is 0 Å². The lowest BCUT2D eigenvalue weighted by molar-refractivity contribution is -0.116. The number of hydrogen-bond acceptors (Lipinski definition) is 3. The molecule has 1 aromatic heterocycles. The van der Waals surface area contributed by atoms with E-state index in [4.69, 9.17) is 5.73 Å². The fraction of sp³-hybridized carbons (Fsp3) is 0.143. The Kier molecular flexibility index (Phi) is 3.66. The Hall–Kier alpha value is -2.56. The molecule has 0 aliphatic heterocycles. The summed E-state index contributed by atoms with van der Waals surface area (Å²) in [6, 6.07) is 8.88. The number of anilines is 2. The van der Waals surface area contributed by atoms with E-state index in [1.165, 1.54) is 18.5 Å². The highest BCUT2D eigenvalue weighted by atomic mass is 16.2. The summed E-state index contributed by atoms with van der Waals surface area (Å²) in [6.45, 7) is 2.03. The molecule has 0 spiro atoms. The molecule has 19 heavy (non-hydrogen) atoms. The highest BCUT2D eigenvalue weighted by Gasteiger charge is 2.05. The van der Waals surface area contributed by atoms with Gasteiger partial charge in [-0.2, -0.15) is 0 Å². The summed E-state index contributed by atoms with van der Waals surface area (Å²) in [5.74, 6) is -0.169. The second-order valence-electron chi connectivity index (χ2n) is 4.30. The molecule has 0 saturated carbocycles. The number of nitrogens with one attached hydrogen (secondary N) is 1. The van der Waals surface area contributed by atoms with Crippen LogP contribution in [0.4, 0.5) is 11.4 Å². The first-order valence-corrected chi connectivity index (χ1v) is 5.87. The predicted molar refractivity (Wildman–Crippen MR) is 74.9 cm³/mol. The maximum atomic E-state index is 11.9. The van der Waals surface area contributed by atoms with Gasteiger partial charge in [-0.1, -0.05) is 18.2 Å². The average Bonchev–Trinajstić information content (AvgIpc) is 2.37. The maximum absolute atomic E-state index is 11.9. The second-order valence-corrected chi connectivity index (χ2v) is 4.30. The molecule has 5 nitrogen and oxygen atoms in total. The molecule has 98 valence electrons. The van der Waals surface area contributed by atoms with Gasteiger partial charge in [0.05, 0.1) is 5.69 Å². The van der Waals surface area contributed by atoms with Gasteiger partial charge in [-0.25, -0.2) is 0 Å². The monoisotopic (exact) mass is 257 g/mol. The Balaban J connectivity index is 2.07. The van der Waals surface area contributed by atoms with E-state index in [1.54, 1.807) is 4.57 Å². The van der Waals surface area contributed by atoms with Crippen LogP contribution in [0.3, 0.4) is 0 Å². The number of nitrogens with two attached hydrogens (primary N) is 1. The number of benzene rings is 1. The minimum Gasteiger partial charge on any atom is -0.394 e. The van der Waals surface area contributed by atoms with Crippen LogP contribution in [0.1, 0.15) is 5.56 Å². The van der Waals surface area contributed by atoms with Gasteiger partial charge in [0.1, 0.15) is 6.54 Å². The lowest BCUT2D eigenvalue weighted by Gasteiger charge is -2.10. The van der Waals surface area contributed by atoms with Crippen molar-refractivity contribution in [2.75, 3.05) is 11.1 Å². The first kappa shape index (κ1) is 12.9. The molecule has 3 N–H and O–H groups in total. The number of pyridine rings is 1. The van der Waals surface area contributed by atoms with Gasteiger partial charge in [-0.15, -0.1) is 0 Å². The van der Waals surface area contributed by atoms with Crippen molar-refractivity contribution in [2.24, 2.45) is 0 Å². The Labute approximate surface area is 110 Å². The molecule has 1 aromatic carbocycles. The van der Waals surface area contributed by atoms with E-state index in [0.29, 0.717) is 0 Å². The van der Waals surface area contributed by atoms with Gasteiger partial charge >= 0.3 is 0 Å². The third-order valence-corrected chi connectivity index (χ3v) is 2.75. The van der Waals surface area contributed by atoms with Crippen molar-refractivity contribution in [2.45, 2.75) is 13.5 Å². The molecular formula is C14H15N3O2. The van der Waals surface area contributed by atoms with E-state index in [-0.39, 0.29) is 23.6 Å². The molecule has 1 amide bonds. The number of nitrogens with zero attached hydrogens (tertiary/aromatic N) is 1. The molecule has 1 heterocycles. The fourth-order valence-electron chi connectivity index (χ4n) is 1.71. The van der Waals surface area contributed by atoms with Gasteiger partial charge in [-0.05, 0) is 18.6 Å². The van der Waals surface area contributed by atoms with Crippen LogP contribution in [-0.4, -0.2) is 10.5 Å². The summed E-state index contributed by atoms with van der Waals surface area (Å²) in [4.78, 5) is 23.0. The van der Waals surface area contributed by atoms with Crippen LogP contribution in [0.15, 0.2) is 47.5 Å². The highest BCUT2D eigenvalue weighted by Crippen LogP contribution is 2.12. The first-order chi connectivity index (χ1) is 9.06. The van der Waals surface area contributed by atoms with Gasteiger partial charge in [0.2, 0.25) is 11.3 Å². The van der Waals surface area contributed by atoms with E-state index in [0.717, 1.165) is 11.3 Å². The molecule has 2 aromatic rings. The van der Waals surface area contributed by atoms with E-state index in [1.807, 2.05) is 31.2 Å². The number of aromatic nitrogens is 1. The molecule has 0 aliphatic rings. The summed E-state index contributed by atoms with van der Waals surface area (Å²) in [5.41, 5.74) is 7.17. The molecule has 0 bridgehead atoms. The third-order valence-electron chi connectivity index (χ3n) is 2.75. The summed E-state index contributed by atoms with van der Waals surface area (Å²) < 4.78 is 1.57. The lowest BCUT2D eigenvalue weighted by Crippen LogP contribution is -2.20. The zero-order valence-electron chi connectivity index (χ0n) is 10.6. The molecule has 2 rings (SSSR count). The van der Waals surface area contributed by atoms with Crippen LogP contribution in [-0.2, 0) is 11.3 Å². The largest absolute Gasteiger partial charge is 0.394 e. The summed E-state index contributed by atoms with van der Waals surface area (Å²) in [6.07, 6.45) is 3.00. The molecule has 0 saturated heterocycles. The fourth-order valence-corrected chi connectivity index (χ4v) is 1.71. The number of rotatable bonds is 3. The SMILES string of the molecule is Cc1ccccc1NC(=O)Cn1ccc(=O)c(N)c1. The molecule has 0 radical (unpaired) electrons. The van der Waals surface area contributed by atoms with Gasteiger partial charge < -0.3 is 15.6 Å². The normalized spacial score (nSPS) is 10.2. The zero-order valence-corrected chi connectivity index (χ0v) is 10.6. The van der Waals surface area contributed by atoms with Crippen LogP contribution in [0.25, 0.3) is 0 Å². The third kappa shape index (κ3) is 3.22. The average molecular weight is 257 g/mol. The van der Waals surface area contributed by atoms with Crippen molar-refractivity contribution in [1.82, 2.24) is 4.57 Å². The van der Waals surface area contributed by atoms with E-state index in [9.17, 15) is 9.59 Å². The molecule has 0 unspecified atom stereocenters. The van der Waals surface area contributed by atoms with Crippen molar-refractivity contribution in [1.29, 1.82) is 0 Å². The molecular weight excluding hydrogens is 242 g/mol. The van der Waals surface area contributed by atoms with Gasteiger partial charge in [0, 0.05) is 24.1 Å². The van der Waals surface area contributed by atoms with Crippen molar-refractivity contribution >= 4 is 17.3 Å². The van der Waals surface area contributed by atoms with Gasteiger partial charge in [-0.3, -0.25) is 9.59 Å². The van der Waals surface area contributed by atoms with Crippen LogP contribution < -0.4 is 16.5 Å². The Morgan fingerprint density at radius 1 is 1.32 bits per heavy atom. The predicted octanol–water partition coefficient (Wildman–Crippen LogP) is 1.38. The van der Waals surface area contributed by atoms with Crippen molar-refractivity contribution in [3.8, 4) is 0 Å². The van der Waals surface area contributed by atoms with Crippen LogP contribution in [0.5, 0.6) is 0 Å². The first-order valence-electron chi connectivity index (χ1n) is 5.87. The minimum atomic E-state index is -0.240. The number of nitrogen functional groups attached to an aromatic ring is 1. The number of amides is 1. The smallest absolute Gasteiger partial charge is 0.244 e. The minimum absolute atomic E-state index is 0.110. The summed E-state index contributed by atoms with van der Waals surface area (Å²) in [7, 11) is 0. The van der Waals surface area contributed by atoms with Crippen LogP contribution in [0, 0.1) is 6.92 Å². The van der Waals surface area contributed by atoms with E-state index in [2.05, 4.69) is 5.32 Å². The number of aryl methyl sites for hydroxylation is 1. The summed E-state index contributed by atoms with van der Waals surface area (Å²) >= 11 is 0. The molecule has 0 atom stereocenters. The zero-order chi connectivity index (χ0) is 13.8. The van der Waals surface area contributed by atoms with Gasteiger partial charge in [0.15, 0.2) is 0 Å². The quantitative estimate of drug-likeness (QED) is 0.872. The number of para-hydroxylation sites is 1. The van der Waals surface area contributed by atoms with Crippen molar-refractivity contribution < 1.29 is 4.79 Å². The maximum Gasteiger partial charge on any atom is 0.244 e.